The van der Waals surface area contributed by atoms with Crippen LogP contribution in [-0.4, -0.2) is 48.1 Å². The van der Waals surface area contributed by atoms with Gasteiger partial charge in [0.25, 0.3) is 0 Å². The zero-order chi connectivity index (χ0) is 15.2. The van der Waals surface area contributed by atoms with E-state index in [1.165, 1.54) is 58.3 Å². The normalized spacial score (nSPS) is 24.0. The highest BCUT2D eigenvalue weighted by atomic mass is 15.3. The van der Waals surface area contributed by atoms with Crippen molar-refractivity contribution in [2.24, 2.45) is 5.41 Å². The Kier molecular flexibility index (Phi) is 7.53. The van der Waals surface area contributed by atoms with Crippen LogP contribution in [0.4, 0.5) is 0 Å². The van der Waals surface area contributed by atoms with E-state index in [1.54, 1.807) is 0 Å². The van der Waals surface area contributed by atoms with Gasteiger partial charge in [0.05, 0.1) is 0 Å². The SMILES string of the molecule is CCCC(C)N1CCN(CCC)C(C(C)(C)CCC)C1. The lowest BCUT2D eigenvalue weighted by Gasteiger charge is -2.50. The van der Waals surface area contributed by atoms with Crippen LogP contribution in [0, 0.1) is 5.41 Å². The molecule has 0 bridgehead atoms. The molecule has 0 aromatic rings. The van der Waals surface area contributed by atoms with Gasteiger partial charge in [-0.1, -0.05) is 47.5 Å². The zero-order valence-electron chi connectivity index (χ0n) is 14.9. The first-order chi connectivity index (χ1) is 9.46. The minimum Gasteiger partial charge on any atom is -0.298 e. The summed E-state index contributed by atoms with van der Waals surface area (Å²) < 4.78 is 0. The Hall–Kier alpha value is -0.0800. The Morgan fingerprint density at radius 2 is 1.75 bits per heavy atom. The lowest BCUT2D eigenvalue weighted by atomic mass is 9.78. The molecular formula is C18H38N2. The molecular weight excluding hydrogens is 244 g/mol. The molecule has 1 saturated heterocycles. The van der Waals surface area contributed by atoms with Crippen LogP contribution in [0.25, 0.3) is 0 Å². The van der Waals surface area contributed by atoms with E-state index in [2.05, 4.69) is 51.3 Å². The number of nitrogens with zero attached hydrogens (tertiary/aromatic N) is 2. The van der Waals surface area contributed by atoms with Crippen LogP contribution < -0.4 is 0 Å². The molecule has 0 aromatic carbocycles. The van der Waals surface area contributed by atoms with Gasteiger partial charge in [0, 0.05) is 31.7 Å². The first kappa shape index (κ1) is 18.0. The van der Waals surface area contributed by atoms with E-state index in [0.29, 0.717) is 5.41 Å². The van der Waals surface area contributed by atoms with Crippen LogP contribution in [0.1, 0.15) is 73.6 Å². The van der Waals surface area contributed by atoms with Gasteiger partial charge >= 0.3 is 0 Å². The summed E-state index contributed by atoms with van der Waals surface area (Å²) in [6, 6.07) is 1.49. The summed E-state index contributed by atoms with van der Waals surface area (Å²) in [4.78, 5) is 5.52. The van der Waals surface area contributed by atoms with Gasteiger partial charge in [-0.2, -0.15) is 0 Å². The second-order valence-corrected chi connectivity index (χ2v) is 7.42. The molecule has 1 heterocycles. The maximum absolute atomic E-state index is 2.77. The highest BCUT2D eigenvalue weighted by Gasteiger charge is 2.37. The summed E-state index contributed by atoms with van der Waals surface area (Å²) in [5.41, 5.74) is 0.439. The van der Waals surface area contributed by atoms with E-state index < -0.39 is 0 Å². The maximum Gasteiger partial charge on any atom is 0.0274 e. The molecule has 2 unspecified atom stereocenters. The predicted octanol–water partition coefficient (Wildman–Crippen LogP) is 4.40. The molecule has 1 rings (SSSR count). The van der Waals surface area contributed by atoms with Gasteiger partial charge in [0.1, 0.15) is 0 Å². The quantitative estimate of drug-likeness (QED) is 0.651. The monoisotopic (exact) mass is 282 g/mol. The number of hydrogen-bond acceptors (Lipinski definition) is 2. The third-order valence-electron chi connectivity index (χ3n) is 5.16. The molecule has 1 aliphatic heterocycles. The first-order valence-corrected chi connectivity index (χ1v) is 8.94. The molecule has 0 radical (unpaired) electrons. The second kappa shape index (κ2) is 8.38. The molecule has 2 atom stereocenters. The Morgan fingerprint density at radius 1 is 1.05 bits per heavy atom. The van der Waals surface area contributed by atoms with E-state index >= 15 is 0 Å². The van der Waals surface area contributed by atoms with Crippen molar-refractivity contribution >= 4 is 0 Å². The van der Waals surface area contributed by atoms with Gasteiger partial charge in [0.2, 0.25) is 0 Å². The summed E-state index contributed by atoms with van der Waals surface area (Å²) in [5.74, 6) is 0. The van der Waals surface area contributed by atoms with Gasteiger partial charge in [-0.3, -0.25) is 9.80 Å². The molecule has 1 aliphatic rings. The van der Waals surface area contributed by atoms with Crippen molar-refractivity contribution in [1.29, 1.82) is 0 Å². The fourth-order valence-electron chi connectivity index (χ4n) is 3.95. The smallest absolute Gasteiger partial charge is 0.0274 e. The molecule has 20 heavy (non-hydrogen) atoms. The summed E-state index contributed by atoms with van der Waals surface area (Å²) in [6.45, 7) is 19.4. The Labute approximate surface area is 127 Å². The molecule has 2 heteroatoms. The lowest BCUT2D eigenvalue weighted by Crippen LogP contribution is -2.60. The van der Waals surface area contributed by atoms with E-state index in [4.69, 9.17) is 0 Å². The average Bonchev–Trinajstić information content (AvgIpc) is 2.39. The van der Waals surface area contributed by atoms with Crippen molar-refractivity contribution in [2.45, 2.75) is 85.7 Å². The van der Waals surface area contributed by atoms with Gasteiger partial charge in [-0.25, -0.2) is 0 Å². The van der Waals surface area contributed by atoms with Crippen molar-refractivity contribution in [3.05, 3.63) is 0 Å². The van der Waals surface area contributed by atoms with Crippen LogP contribution in [0.2, 0.25) is 0 Å². The Morgan fingerprint density at radius 3 is 2.30 bits per heavy atom. The van der Waals surface area contributed by atoms with Gasteiger partial charge < -0.3 is 0 Å². The third-order valence-corrected chi connectivity index (χ3v) is 5.16. The van der Waals surface area contributed by atoms with Crippen molar-refractivity contribution in [1.82, 2.24) is 9.80 Å². The fraction of sp³-hybridized carbons (Fsp3) is 1.00. The Balaban J connectivity index is 2.76. The first-order valence-electron chi connectivity index (χ1n) is 8.94. The standard InChI is InChI=1S/C18H38N2/c1-7-10-16(4)20-14-13-19(12-9-3)17(15-20)18(5,6)11-8-2/h16-17H,7-15H2,1-6H3. The lowest BCUT2D eigenvalue weighted by molar-refractivity contribution is -0.00979. The molecule has 2 nitrogen and oxygen atoms in total. The number of hydrogen-bond donors (Lipinski definition) is 0. The molecule has 0 saturated carbocycles. The van der Waals surface area contributed by atoms with Crippen molar-refractivity contribution in [2.75, 3.05) is 26.2 Å². The van der Waals surface area contributed by atoms with Gasteiger partial charge in [-0.15, -0.1) is 0 Å². The highest BCUT2D eigenvalue weighted by Crippen LogP contribution is 2.33. The molecule has 0 amide bonds. The zero-order valence-corrected chi connectivity index (χ0v) is 14.9. The molecule has 0 spiro atoms. The number of piperazine rings is 1. The average molecular weight is 283 g/mol. The summed E-state index contributed by atoms with van der Waals surface area (Å²) in [5, 5.41) is 0. The minimum absolute atomic E-state index is 0.439. The number of rotatable bonds is 8. The van der Waals surface area contributed by atoms with Crippen LogP contribution in [-0.2, 0) is 0 Å². The molecule has 0 aliphatic carbocycles. The maximum atomic E-state index is 2.77. The molecule has 0 aromatic heterocycles. The summed E-state index contributed by atoms with van der Waals surface area (Å²) in [7, 11) is 0. The largest absolute Gasteiger partial charge is 0.298 e. The van der Waals surface area contributed by atoms with Crippen LogP contribution in [0.15, 0.2) is 0 Å². The predicted molar refractivity (Wildman–Crippen MR) is 90.3 cm³/mol. The third kappa shape index (κ3) is 4.73. The van der Waals surface area contributed by atoms with Crippen LogP contribution >= 0.6 is 0 Å². The van der Waals surface area contributed by atoms with Crippen LogP contribution in [0.3, 0.4) is 0 Å². The summed E-state index contributed by atoms with van der Waals surface area (Å²) >= 11 is 0. The minimum atomic E-state index is 0.439. The van der Waals surface area contributed by atoms with Crippen molar-refractivity contribution in [3.63, 3.8) is 0 Å². The van der Waals surface area contributed by atoms with E-state index in [1.807, 2.05) is 0 Å². The van der Waals surface area contributed by atoms with E-state index in [-0.39, 0.29) is 0 Å². The molecule has 0 N–H and O–H groups in total. The fourth-order valence-corrected chi connectivity index (χ4v) is 3.95. The molecule has 1 fully saturated rings. The van der Waals surface area contributed by atoms with Crippen LogP contribution in [0.5, 0.6) is 0 Å². The van der Waals surface area contributed by atoms with Crippen molar-refractivity contribution in [3.8, 4) is 0 Å². The van der Waals surface area contributed by atoms with Gasteiger partial charge in [-0.05, 0) is 38.1 Å². The van der Waals surface area contributed by atoms with E-state index in [0.717, 1.165) is 12.1 Å². The van der Waals surface area contributed by atoms with E-state index in [9.17, 15) is 0 Å². The second-order valence-electron chi connectivity index (χ2n) is 7.42. The van der Waals surface area contributed by atoms with Gasteiger partial charge in [0.15, 0.2) is 0 Å². The molecule has 120 valence electrons. The highest BCUT2D eigenvalue weighted by molar-refractivity contribution is 4.93. The Bertz CT molecular complexity index is 262. The van der Waals surface area contributed by atoms with Crippen molar-refractivity contribution < 1.29 is 0 Å². The summed E-state index contributed by atoms with van der Waals surface area (Å²) in [6.07, 6.45) is 6.57. The topological polar surface area (TPSA) is 6.48 Å².